The lowest BCUT2D eigenvalue weighted by molar-refractivity contribution is 0.0382. The third-order valence-corrected chi connectivity index (χ3v) is 3.92. The van der Waals surface area contributed by atoms with Crippen LogP contribution in [0.5, 0.6) is 5.75 Å². The van der Waals surface area contributed by atoms with Crippen molar-refractivity contribution in [3.8, 4) is 17.1 Å². The number of carbonyl (C=O) groups excluding carboxylic acids is 1. The number of amides is 1. The molecule has 0 aliphatic carbocycles. The van der Waals surface area contributed by atoms with Gasteiger partial charge >= 0.3 is 11.8 Å². The Bertz CT molecular complexity index is 708. The van der Waals surface area contributed by atoms with Gasteiger partial charge in [-0.1, -0.05) is 5.16 Å². The second-order valence-electron chi connectivity index (χ2n) is 6.32. The quantitative estimate of drug-likeness (QED) is 0.802. The summed E-state index contributed by atoms with van der Waals surface area (Å²) in [7, 11) is 0. The van der Waals surface area contributed by atoms with E-state index in [-0.39, 0.29) is 17.9 Å². The summed E-state index contributed by atoms with van der Waals surface area (Å²) >= 11 is 0. The summed E-state index contributed by atoms with van der Waals surface area (Å²) in [4.78, 5) is 18.5. The summed E-state index contributed by atoms with van der Waals surface area (Å²) in [5, 5.41) is 6.69. The molecule has 1 aliphatic rings. The molecule has 1 aromatic heterocycles. The lowest BCUT2D eigenvalue weighted by atomic mass is 10.2. The molecule has 1 N–H and O–H groups in total. The molecule has 26 heavy (non-hydrogen) atoms. The maximum atomic E-state index is 12.1. The average molecular weight is 360 g/mol. The minimum absolute atomic E-state index is 0.0375. The van der Waals surface area contributed by atoms with E-state index in [1.807, 2.05) is 38.1 Å². The van der Waals surface area contributed by atoms with Crippen LogP contribution in [0.4, 0.5) is 0 Å². The van der Waals surface area contributed by atoms with Crippen molar-refractivity contribution in [3.05, 3.63) is 30.2 Å². The molecule has 1 aromatic carbocycles. The topological polar surface area (TPSA) is 89.7 Å². The number of morpholine rings is 1. The predicted octanol–water partition coefficient (Wildman–Crippen LogP) is 1.59. The van der Waals surface area contributed by atoms with Crippen molar-refractivity contribution < 1.29 is 18.8 Å². The van der Waals surface area contributed by atoms with Gasteiger partial charge < -0.3 is 19.3 Å². The molecular weight excluding hydrogens is 336 g/mol. The fourth-order valence-electron chi connectivity index (χ4n) is 2.62. The van der Waals surface area contributed by atoms with E-state index in [1.165, 1.54) is 0 Å². The fourth-order valence-corrected chi connectivity index (χ4v) is 2.62. The van der Waals surface area contributed by atoms with Crippen molar-refractivity contribution in [1.82, 2.24) is 20.4 Å². The van der Waals surface area contributed by atoms with Gasteiger partial charge in [-0.25, -0.2) is 0 Å². The van der Waals surface area contributed by atoms with Crippen LogP contribution in [-0.4, -0.2) is 66.4 Å². The normalized spacial score (nSPS) is 15.2. The summed E-state index contributed by atoms with van der Waals surface area (Å²) < 4.78 is 16.0. The van der Waals surface area contributed by atoms with E-state index in [0.29, 0.717) is 12.4 Å². The van der Waals surface area contributed by atoms with Crippen LogP contribution in [0.3, 0.4) is 0 Å². The number of nitrogens with zero attached hydrogens (tertiary/aromatic N) is 3. The van der Waals surface area contributed by atoms with Gasteiger partial charge in [-0.2, -0.15) is 4.98 Å². The highest BCUT2D eigenvalue weighted by molar-refractivity contribution is 5.89. The maximum Gasteiger partial charge on any atom is 0.316 e. The zero-order chi connectivity index (χ0) is 18.4. The molecule has 140 valence electrons. The van der Waals surface area contributed by atoms with Gasteiger partial charge in [0.15, 0.2) is 0 Å². The van der Waals surface area contributed by atoms with Crippen LogP contribution in [-0.2, 0) is 4.74 Å². The van der Waals surface area contributed by atoms with Crippen molar-refractivity contribution in [2.24, 2.45) is 0 Å². The second-order valence-corrected chi connectivity index (χ2v) is 6.32. The van der Waals surface area contributed by atoms with E-state index in [0.717, 1.165) is 44.2 Å². The Labute approximate surface area is 152 Å². The van der Waals surface area contributed by atoms with Crippen LogP contribution < -0.4 is 10.1 Å². The van der Waals surface area contributed by atoms with E-state index in [1.54, 1.807) is 0 Å². The smallest absolute Gasteiger partial charge is 0.316 e. The monoisotopic (exact) mass is 360 g/mol. The van der Waals surface area contributed by atoms with Gasteiger partial charge in [-0.15, -0.1) is 0 Å². The number of benzene rings is 1. The first kappa shape index (κ1) is 18.3. The second kappa shape index (κ2) is 8.77. The largest absolute Gasteiger partial charge is 0.491 e. The number of carbonyl (C=O) groups is 1. The molecule has 8 heteroatoms. The van der Waals surface area contributed by atoms with E-state index in [2.05, 4.69) is 20.4 Å². The molecule has 0 bridgehead atoms. The minimum Gasteiger partial charge on any atom is -0.491 e. The molecule has 2 aromatic rings. The fraction of sp³-hybridized carbons (Fsp3) is 0.500. The van der Waals surface area contributed by atoms with Crippen LogP contribution in [0.1, 0.15) is 24.5 Å². The summed E-state index contributed by atoms with van der Waals surface area (Å²) in [6.07, 6.45) is 0.110. The van der Waals surface area contributed by atoms with E-state index >= 15 is 0 Å². The Hall–Kier alpha value is -2.45. The van der Waals surface area contributed by atoms with Gasteiger partial charge in [0.1, 0.15) is 5.75 Å². The molecule has 0 radical (unpaired) electrons. The van der Waals surface area contributed by atoms with E-state index < -0.39 is 0 Å². The first-order valence-electron chi connectivity index (χ1n) is 8.81. The first-order chi connectivity index (χ1) is 12.6. The third kappa shape index (κ3) is 5.03. The number of nitrogens with one attached hydrogen (secondary N) is 1. The molecular formula is C18H24N4O4. The highest BCUT2D eigenvalue weighted by Crippen LogP contribution is 2.20. The molecule has 1 amide bonds. The van der Waals surface area contributed by atoms with Crippen molar-refractivity contribution in [1.29, 1.82) is 0 Å². The average Bonchev–Trinajstić information content (AvgIpc) is 3.13. The number of aromatic nitrogens is 2. The Balaban J connectivity index is 1.52. The van der Waals surface area contributed by atoms with Crippen LogP contribution >= 0.6 is 0 Å². The lowest BCUT2D eigenvalue weighted by Gasteiger charge is -2.26. The molecule has 1 saturated heterocycles. The lowest BCUT2D eigenvalue weighted by Crippen LogP contribution is -2.41. The van der Waals surface area contributed by atoms with Crippen molar-refractivity contribution in [3.63, 3.8) is 0 Å². The Morgan fingerprint density at radius 1 is 1.27 bits per heavy atom. The molecule has 8 nitrogen and oxygen atoms in total. The van der Waals surface area contributed by atoms with Crippen LogP contribution in [0.15, 0.2) is 28.8 Å². The van der Waals surface area contributed by atoms with Gasteiger partial charge in [-0.3, -0.25) is 9.69 Å². The molecule has 1 aliphatic heterocycles. The molecule has 0 spiro atoms. The Morgan fingerprint density at radius 2 is 2.00 bits per heavy atom. The number of hydrogen-bond acceptors (Lipinski definition) is 7. The minimum atomic E-state index is -0.364. The predicted molar refractivity (Wildman–Crippen MR) is 95.1 cm³/mol. The summed E-state index contributed by atoms with van der Waals surface area (Å²) in [6.45, 7) is 8.48. The van der Waals surface area contributed by atoms with Crippen LogP contribution in [0, 0.1) is 0 Å². The highest BCUT2D eigenvalue weighted by Gasteiger charge is 2.17. The molecule has 3 rings (SSSR count). The summed E-state index contributed by atoms with van der Waals surface area (Å²) in [5.41, 5.74) is 0.761. The van der Waals surface area contributed by atoms with Gasteiger partial charge in [0.25, 0.3) is 0 Å². The van der Waals surface area contributed by atoms with Crippen LogP contribution in [0.25, 0.3) is 11.4 Å². The number of hydrogen-bond donors (Lipinski definition) is 1. The number of rotatable bonds is 7. The highest BCUT2D eigenvalue weighted by atomic mass is 16.5. The first-order valence-corrected chi connectivity index (χ1v) is 8.81. The van der Waals surface area contributed by atoms with Crippen LogP contribution in [0.2, 0.25) is 0 Å². The van der Waals surface area contributed by atoms with Crippen molar-refractivity contribution in [2.45, 2.75) is 20.0 Å². The molecule has 0 unspecified atom stereocenters. The van der Waals surface area contributed by atoms with E-state index in [4.69, 9.17) is 14.0 Å². The van der Waals surface area contributed by atoms with Gasteiger partial charge in [0, 0.05) is 31.7 Å². The summed E-state index contributed by atoms with van der Waals surface area (Å²) in [5.74, 6) is 0.744. The zero-order valence-corrected chi connectivity index (χ0v) is 15.1. The summed E-state index contributed by atoms with van der Waals surface area (Å²) in [6, 6.07) is 7.35. The number of ether oxygens (including phenoxy) is 2. The maximum absolute atomic E-state index is 12.1. The molecule has 0 saturated carbocycles. The SMILES string of the molecule is CC(C)Oc1ccc(-c2noc(C(=O)NCCN3CCOCC3)n2)cc1. The van der Waals surface area contributed by atoms with Crippen molar-refractivity contribution in [2.75, 3.05) is 39.4 Å². The van der Waals surface area contributed by atoms with Crippen molar-refractivity contribution >= 4 is 5.91 Å². The Kier molecular flexibility index (Phi) is 6.19. The standard InChI is InChI=1S/C18H24N4O4/c1-13(2)25-15-5-3-14(4-6-15)16-20-18(26-21-16)17(23)19-7-8-22-9-11-24-12-10-22/h3-6,13H,7-12H2,1-2H3,(H,19,23). The third-order valence-electron chi connectivity index (χ3n) is 3.92. The van der Waals surface area contributed by atoms with Gasteiger partial charge in [0.05, 0.1) is 19.3 Å². The van der Waals surface area contributed by atoms with E-state index in [9.17, 15) is 4.79 Å². The Morgan fingerprint density at radius 3 is 2.69 bits per heavy atom. The molecule has 2 heterocycles. The van der Waals surface area contributed by atoms with Gasteiger partial charge in [-0.05, 0) is 38.1 Å². The zero-order valence-electron chi connectivity index (χ0n) is 15.1. The molecule has 1 fully saturated rings. The molecule has 0 atom stereocenters. The van der Waals surface area contributed by atoms with Gasteiger partial charge in [0.2, 0.25) is 5.82 Å².